The molecule has 114 valence electrons. The maximum absolute atomic E-state index is 13.2. The molecular weight excluding hydrogens is 275 g/mol. The van der Waals surface area contributed by atoms with Gasteiger partial charge in [0.2, 0.25) is 11.7 Å². The average Bonchev–Trinajstić information content (AvgIpc) is 2.48. The van der Waals surface area contributed by atoms with Gasteiger partial charge >= 0.3 is 5.69 Å². The van der Waals surface area contributed by atoms with E-state index in [9.17, 15) is 19.3 Å². The summed E-state index contributed by atoms with van der Waals surface area (Å²) in [6, 6.07) is 3.38. The Bertz CT molecular complexity index is 528. The number of carbonyl (C=O) groups is 1. The summed E-state index contributed by atoms with van der Waals surface area (Å²) in [5.74, 6) is -0.478. The molecule has 0 radical (unpaired) electrons. The predicted octanol–water partition coefficient (Wildman–Crippen LogP) is 4.03. The maximum atomic E-state index is 13.2. The zero-order valence-corrected chi connectivity index (χ0v) is 11.8. The van der Waals surface area contributed by atoms with Gasteiger partial charge in [-0.15, -0.1) is 0 Å². The van der Waals surface area contributed by atoms with Gasteiger partial charge in [0.05, 0.1) is 4.92 Å². The van der Waals surface area contributed by atoms with E-state index in [1.54, 1.807) is 0 Å². The number of anilines is 1. The zero-order chi connectivity index (χ0) is 15.2. The van der Waals surface area contributed by atoms with Gasteiger partial charge in [0.25, 0.3) is 0 Å². The second kappa shape index (κ2) is 7.15. The molecule has 1 aliphatic carbocycles. The van der Waals surface area contributed by atoms with Crippen LogP contribution in [0.3, 0.4) is 0 Å². The number of nitro benzene ring substituents is 1. The Morgan fingerprint density at radius 3 is 2.71 bits per heavy atom. The van der Waals surface area contributed by atoms with Crippen LogP contribution in [0.4, 0.5) is 15.8 Å². The van der Waals surface area contributed by atoms with E-state index in [4.69, 9.17) is 0 Å². The van der Waals surface area contributed by atoms with Crippen molar-refractivity contribution >= 4 is 17.3 Å². The third-order valence-electron chi connectivity index (χ3n) is 3.93. The van der Waals surface area contributed by atoms with Crippen LogP contribution in [0.1, 0.15) is 44.9 Å². The molecule has 1 saturated carbocycles. The van der Waals surface area contributed by atoms with Crippen molar-refractivity contribution in [1.29, 1.82) is 0 Å². The van der Waals surface area contributed by atoms with E-state index in [2.05, 4.69) is 5.32 Å². The van der Waals surface area contributed by atoms with Gasteiger partial charge in [-0.25, -0.2) is 0 Å². The molecule has 2 rings (SSSR count). The van der Waals surface area contributed by atoms with Crippen LogP contribution in [0.5, 0.6) is 0 Å². The highest BCUT2D eigenvalue weighted by Crippen LogP contribution is 2.27. The lowest BCUT2D eigenvalue weighted by Crippen LogP contribution is -2.15. The number of hydrogen-bond donors (Lipinski definition) is 1. The smallest absolute Gasteiger partial charge is 0.306 e. The molecule has 6 heteroatoms. The lowest BCUT2D eigenvalue weighted by Gasteiger charge is -2.20. The number of nitrogens with zero attached hydrogens (tertiary/aromatic N) is 1. The van der Waals surface area contributed by atoms with Crippen molar-refractivity contribution in [2.75, 3.05) is 5.32 Å². The van der Waals surface area contributed by atoms with E-state index in [0.717, 1.165) is 18.6 Å². The van der Waals surface area contributed by atoms with Gasteiger partial charge in [0, 0.05) is 18.2 Å². The number of rotatable bonds is 5. The summed E-state index contributed by atoms with van der Waals surface area (Å²) < 4.78 is 13.2. The van der Waals surface area contributed by atoms with Gasteiger partial charge in [-0.1, -0.05) is 32.1 Å². The number of carbonyl (C=O) groups excluding carboxylic acids is 1. The van der Waals surface area contributed by atoms with E-state index in [1.807, 2.05) is 0 Å². The fraction of sp³-hybridized carbons (Fsp3) is 0.533. The molecule has 5 nitrogen and oxygen atoms in total. The molecule has 1 aromatic carbocycles. The summed E-state index contributed by atoms with van der Waals surface area (Å²) >= 11 is 0. The Labute approximate surface area is 122 Å². The molecule has 0 aliphatic heterocycles. The van der Waals surface area contributed by atoms with Crippen LogP contribution < -0.4 is 5.32 Å². The van der Waals surface area contributed by atoms with Gasteiger partial charge in [0.15, 0.2) is 0 Å². The first-order chi connectivity index (χ1) is 10.1. The highest BCUT2D eigenvalue weighted by Gasteiger charge is 2.17. The highest BCUT2D eigenvalue weighted by molar-refractivity contribution is 5.91. The van der Waals surface area contributed by atoms with Crippen molar-refractivity contribution in [1.82, 2.24) is 0 Å². The summed E-state index contributed by atoms with van der Waals surface area (Å²) in [5.41, 5.74) is -0.364. The Hall–Kier alpha value is -1.98. The van der Waals surface area contributed by atoms with Crippen molar-refractivity contribution in [3.8, 4) is 0 Å². The molecule has 0 atom stereocenters. The first-order valence-electron chi connectivity index (χ1n) is 7.30. The average molecular weight is 294 g/mol. The summed E-state index contributed by atoms with van der Waals surface area (Å²) in [7, 11) is 0. The third-order valence-corrected chi connectivity index (χ3v) is 3.93. The van der Waals surface area contributed by atoms with Gasteiger partial charge in [-0.3, -0.25) is 14.9 Å². The summed E-state index contributed by atoms with van der Waals surface area (Å²) in [6.45, 7) is 0. The molecule has 1 aromatic rings. The van der Waals surface area contributed by atoms with Crippen LogP contribution in [0.15, 0.2) is 18.2 Å². The minimum absolute atomic E-state index is 0.179. The molecule has 0 heterocycles. The fourth-order valence-corrected chi connectivity index (χ4v) is 2.76. The van der Waals surface area contributed by atoms with Crippen molar-refractivity contribution in [2.24, 2.45) is 5.92 Å². The van der Waals surface area contributed by atoms with Crippen LogP contribution in [0, 0.1) is 21.8 Å². The lowest BCUT2D eigenvalue weighted by molar-refractivity contribution is -0.387. The third kappa shape index (κ3) is 4.51. The number of benzene rings is 1. The minimum Gasteiger partial charge on any atom is -0.326 e. The number of hydrogen-bond acceptors (Lipinski definition) is 3. The van der Waals surface area contributed by atoms with Crippen LogP contribution in [-0.2, 0) is 4.79 Å². The minimum atomic E-state index is -0.903. The largest absolute Gasteiger partial charge is 0.326 e. The highest BCUT2D eigenvalue weighted by atomic mass is 19.1. The Balaban J connectivity index is 1.87. The van der Waals surface area contributed by atoms with E-state index in [-0.39, 0.29) is 11.6 Å². The molecule has 21 heavy (non-hydrogen) atoms. The van der Waals surface area contributed by atoms with E-state index in [1.165, 1.54) is 38.2 Å². The normalized spacial score (nSPS) is 15.7. The van der Waals surface area contributed by atoms with Crippen molar-refractivity contribution in [3.05, 3.63) is 34.1 Å². The second-order valence-corrected chi connectivity index (χ2v) is 5.51. The standard InChI is InChI=1S/C15H19FN2O3/c16-13-8-7-12(10-14(13)18(20)21)17-15(19)9-6-11-4-2-1-3-5-11/h7-8,10-11H,1-6,9H2,(H,17,19). The first kappa shape index (κ1) is 15.4. The lowest BCUT2D eigenvalue weighted by atomic mass is 9.86. The summed E-state index contributed by atoms with van der Waals surface area (Å²) in [4.78, 5) is 21.7. The van der Waals surface area contributed by atoms with Crippen molar-refractivity contribution < 1.29 is 14.1 Å². The predicted molar refractivity (Wildman–Crippen MR) is 77.5 cm³/mol. The van der Waals surface area contributed by atoms with Gasteiger partial charge in [0.1, 0.15) is 0 Å². The molecule has 0 aromatic heterocycles. The number of halogens is 1. The molecule has 0 bridgehead atoms. The van der Waals surface area contributed by atoms with Gasteiger partial charge in [-0.2, -0.15) is 4.39 Å². The SMILES string of the molecule is O=C(CCC1CCCCC1)Nc1ccc(F)c([N+](=O)[O-])c1. The molecule has 1 fully saturated rings. The number of nitrogens with one attached hydrogen (secondary N) is 1. The van der Waals surface area contributed by atoms with E-state index >= 15 is 0 Å². The Kier molecular flexibility index (Phi) is 5.25. The molecular formula is C15H19FN2O3. The molecule has 0 spiro atoms. The maximum Gasteiger partial charge on any atom is 0.306 e. The topological polar surface area (TPSA) is 72.2 Å². The second-order valence-electron chi connectivity index (χ2n) is 5.51. The van der Waals surface area contributed by atoms with Crippen molar-refractivity contribution in [3.63, 3.8) is 0 Å². The van der Waals surface area contributed by atoms with Crippen LogP contribution >= 0.6 is 0 Å². The van der Waals surface area contributed by atoms with E-state index in [0.29, 0.717) is 12.3 Å². The first-order valence-corrected chi connectivity index (χ1v) is 7.30. The Morgan fingerprint density at radius 2 is 2.05 bits per heavy atom. The zero-order valence-electron chi connectivity index (χ0n) is 11.8. The molecule has 1 amide bonds. The van der Waals surface area contributed by atoms with Gasteiger partial charge < -0.3 is 5.32 Å². The number of nitro groups is 1. The van der Waals surface area contributed by atoms with Gasteiger partial charge in [-0.05, 0) is 24.5 Å². The summed E-state index contributed by atoms with van der Waals surface area (Å²) in [5, 5.41) is 13.2. The monoisotopic (exact) mass is 294 g/mol. The molecule has 0 unspecified atom stereocenters. The molecule has 0 saturated heterocycles. The molecule has 1 aliphatic rings. The number of amides is 1. The van der Waals surface area contributed by atoms with Crippen molar-refractivity contribution in [2.45, 2.75) is 44.9 Å². The van der Waals surface area contributed by atoms with Crippen LogP contribution in [0.2, 0.25) is 0 Å². The van der Waals surface area contributed by atoms with E-state index < -0.39 is 16.4 Å². The quantitative estimate of drug-likeness (QED) is 0.658. The summed E-state index contributed by atoms with van der Waals surface area (Å²) in [6.07, 6.45) is 7.34. The Morgan fingerprint density at radius 1 is 1.33 bits per heavy atom. The fourth-order valence-electron chi connectivity index (χ4n) is 2.76. The molecule has 1 N–H and O–H groups in total. The van der Waals surface area contributed by atoms with Crippen LogP contribution in [-0.4, -0.2) is 10.8 Å². The van der Waals surface area contributed by atoms with Crippen LogP contribution in [0.25, 0.3) is 0 Å².